The maximum atomic E-state index is 13.8. The fraction of sp³-hybridized carbons (Fsp3) is 0.263. The van der Waals surface area contributed by atoms with Crippen LogP contribution in [0.4, 0.5) is 8.78 Å². The largest absolute Gasteiger partial charge is 0.478 e. The summed E-state index contributed by atoms with van der Waals surface area (Å²) in [6.45, 7) is 2.34. The topological polar surface area (TPSA) is 60.9 Å². The minimum absolute atomic E-state index is 0.228. The zero-order valence-electron chi connectivity index (χ0n) is 14.0. The first kappa shape index (κ1) is 18.0. The monoisotopic (exact) mass is 360 g/mol. The summed E-state index contributed by atoms with van der Waals surface area (Å²) in [6.07, 6.45) is 0. The summed E-state index contributed by atoms with van der Waals surface area (Å²) in [6, 6.07) is 10.1. The van der Waals surface area contributed by atoms with Crippen LogP contribution in [0.3, 0.4) is 0 Å². The Balaban J connectivity index is 1.62. The van der Waals surface area contributed by atoms with Gasteiger partial charge in [-0.15, -0.1) is 0 Å². The van der Waals surface area contributed by atoms with Crippen LogP contribution >= 0.6 is 0 Å². The molecule has 1 heterocycles. The summed E-state index contributed by atoms with van der Waals surface area (Å²) >= 11 is 0. The summed E-state index contributed by atoms with van der Waals surface area (Å²) in [5.41, 5.74) is 0.575. The van der Waals surface area contributed by atoms with Crippen LogP contribution in [0.15, 0.2) is 42.5 Å². The number of carboxylic acids is 1. The van der Waals surface area contributed by atoms with Crippen molar-refractivity contribution in [1.82, 2.24) is 9.80 Å². The lowest BCUT2D eigenvalue weighted by Crippen LogP contribution is -2.48. The van der Waals surface area contributed by atoms with Crippen LogP contribution in [0.25, 0.3) is 0 Å². The van der Waals surface area contributed by atoms with Gasteiger partial charge in [-0.2, -0.15) is 0 Å². The Labute approximate surface area is 149 Å². The Morgan fingerprint density at radius 3 is 2.19 bits per heavy atom. The average molecular weight is 360 g/mol. The molecule has 0 aliphatic carbocycles. The minimum atomic E-state index is -0.978. The molecule has 0 bridgehead atoms. The number of piperazine rings is 1. The predicted octanol–water partition coefficient (Wildman–Crippen LogP) is 2.62. The lowest BCUT2D eigenvalue weighted by molar-refractivity contribution is 0.0616. The van der Waals surface area contributed by atoms with Crippen LogP contribution in [-0.4, -0.2) is 53.0 Å². The number of amides is 1. The van der Waals surface area contributed by atoms with Crippen molar-refractivity contribution in [1.29, 1.82) is 0 Å². The molecule has 3 rings (SSSR count). The third-order valence-corrected chi connectivity index (χ3v) is 4.42. The highest BCUT2D eigenvalue weighted by Gasteiger charge is 2.26. The first-order valence-electron chi connectivity index (χ1n) is 8.23. The van der Waals surface area contributed by atoms with Crippen LogP contribution < -0.4 is 0 Å². The first-order valence-corrected chi connectivity index (χ1v) is 8.23. The Bertz CT molecular complexity index is 813. The molecule has 1 aliphatic rings. The van der Waals surface area contributed by atoms with Gasteiger partial charge in [0.15, 0.2) is 0 Å². The smallest absolute Gasteiger partial charge is 0.335 e. The van der Waals surface area contributed by atoms with Gasteiger partial charge in [0.25, 0.3) is 5.91 Å². The molecular formula is C19H18F2N2O3. The number of carbonyl (C=O) groups excluding carboxylic acids is 1. The maximum absolute atomic E-state index is 13.8. The van der Waals surface area contributed by atoms with Crippen molar-refractivity contribution in [2.75, 3.05) is 26.2 Å². The van der Waals surface area contributed by atoms with E-state index in [1.807, 2.05) is 6.07 Å². The van der Waals surface area contributed by atoms with Crippen molar-refractivity contribution in [3.05, 3.63) is 70.8 Å². The van der Waals surface area contributed by atoms with E-state index in [0.717, 1.165) is 17.7 Å². The fourth-order valence-corrected chi connectivity index (χ4v) is 3.03. The van der Waals surface area contributed by atoms with Crippen molar-refractivity contribution < 1.29 is 23.5 Å². The summed E-state index contributed by atoms with van der Waals surface area (Å²) in [5.74, 6) is -3.34. The van der Waals surface area contributed by atoms with Gasteiger partial charge in [-0.3, -0.25) is 9.69 Å². The van der Waals surface area contributed by atoms with E-state index < -0.39 is 29.1 Å². The molecule has 1 fully saturated rings. The summed E-state index contributed by atoms with van der Waals surface area (Å²) in [7, 11) is 0. The van der Waals surface area contributed by atoms with Crippen molar-refractivity contribution in [3.63, 3.8) is 0 Å². The van der Waals surface area contributed by atoms with Crippen LogP contribution in [0.1, 0.15) is 26.3 Å². The van der Waals surface area contributed by atoms with E-state index in [2.05, 4.69) is 4.90 Å². The van der Waals surface area contributed by atoms with E-state index in [-0.39, 0.29) is 5.56 Å². The molecule has 2 aromatic rings. The van der Waals surface area contributed by atoms with Crippen molar-refractivity contribution >= 4 is 11.9 Å². The van der Waals surface area contributed by atoms with Crippen LogP contribution in [0, 0.1) is 11.6 Å². The first-order chi connectivity index (χ1) is 12.5. The summed E-state index contributed by atoms with van der Waals surface area (Å²) < 4.78 is 27.6. The Kier molecular flexibility index (Phi) is 5.27. The van der Waals surface area contributed by atoms with Crippen LogP contribution in [0.2, 0.25) is 0 Å². The molecule has 1 aliphatic heterocycles. The number of aromatic carboxylic acids is 1. The van der Waals surface area contributed by atoms with Gasteiger partial charge >= 0.3 is 5.97 Å². The van der Waals surface area contributed by atoms with E-state index in [9.17, 15) is 18.4 Å². The van der Waals surface area contributed by atoms with Crippen molar-refractivity contribution in [2.45, 2.75) is 6.54 Å². The zero-order valence-corrected chi connectivity index (χ0v) is 14.0. The average Bonchev–Trinajstić information content (AvgIpc) is 2.62. The predicted molar refractivity (Wildman–Crippen MR) is 90.9 cm³/mol. The van der Waals surface area contributed by atoms with Gasteiger partial charge in [0.05, 0.1) is 5.56 Å². The van der Waals surface area contributed by atoms with Gasteiger partial charge < -0.3 is 10.0 Å². The molecule has 1 N–H and O–H groups in total. The second-order valence-corrected chi connectivity index (χ2v) is 6.17. The van der Waals surface area contributed by atoms with Gasteiger partial charge in [-0.05, 0) is 29.8 Å². The maximum Gasteiger partial charge on any atom is 0.335 e. The van der Waals surface area contributed by atoms with Gasteiger partial charge in [-0.1, -0.05) is 18.2 Å². The van der Waals surface area contributed by atoms with E-state index in [4.69, 9.17) is 5.11 Å². The van der Waals surface area contributed by atoms with E-state index in [1.54, 1.807) is 12.1 Å². The lowest BCUT2D eigenvalue weighted by atomic mass is 10.1. The minimum Gasteiger partial charge on any atom is -0.478 e. The molecule has 7 heteroatoms. The fourth-order valence-electron chi connectivity index (χ4n) is 3.03. The second-order valence-electron chi connectivity index (χ2n) is 6.17. The summed E-state index contributed by atoms with van der Waals surface area (Å²) in [5, 5.41) is 9.04. The van der Waals surface area contributed by atoms with Crippen molar-refractivity contribution in [2.24, 2.45) is 0 Å². The van der Waals surface area contributed by atoms with E-state index in [0.29, 0.717) is 32.7 Å². The Morgan fingerprint density at radius 2 is 1.58 bits per heavy atom. The molecule has 0 spiro atoms. The van der Waals surface area contributed by atoms with Crippen LogP contribution in [-0.2, 0) is 6.54 Å². The number of hydrogen-bond donors (Lipinski definition) is 1. The third-order valence-electron chi connectivity index (χ3n) is 4.42. The molecular weight excluding hydrogens is 342 g/mol. The normalized spacial score (nSPS) is 15.1. The standard InChI is InChI=1S/C19H18F2N2O3/c20-15-5-2-6-16(21)17(15)18(24)23-9-7-22(8-10-23)12-13-3-1-4-14(11-13)19(25)26/h1-6,11H,7-10,12H2,(H,25,26). The SMILES string of the molecule is O=C(O)c1cccc(CN2CCN(C(=O)c3c(F)cccc3F)CC2)c1. The molecule has 0 aromatic heterocycles. The Hall–Kier alpha value is -2.80. The van der Waals surface area contributed by atoms with E-state index >= 15 is 0 Å². The quantitative estimate of drug-likeness (QED) is 0.911. The highest BCUT2D eigenvalue weighted by molar-refractivity contribution is 5.94. The number of nitrogens with zero attached hydrogens (tertiary/aromatic N) is 2. The summed E-state index contributed by atoms with van der Waals surface area (Å²) in [4.78, 5) is 26.9. The number of carboxylic acid groups (broad SMARTS) is 1. The highest BCUT2D eigenvalue weighted by atomic mass is 19.1. The highest BCUT2D eigenvalue weighted by Crippen LogP contribution is 2.17. The molecule has 1 saturated heterocycles. The third kappa shape index (κ3) is 3.88. The molecule has 2 aromatic carbocycles. The number of hydrogen-bond acceptors (Lipinski definition) is 3. The number of halogens is 2. The number of rotatable bonds is 4. The van der Waals surface area contributed by atoms with Crippen LogP contribution in [0.5, 0.6) is 0 Å². The molecule has 136 valence electrons. The molecule has 0 radical (unpaired) electrons. The molecule has 0 unspecified atom stereocenters. The zero-order chi connectivity index (χ0) is 18.7. The van der Waals surface area contributed by atoms with Gasteiger partial charge in [-0.25, -0.2) is 13.6 Å². The molecule has 5 nitrogen and oxygen atoms in total. The molecule has 1 amide bonds. The molecule has 0 atom stereocenters. The van der Waals surface area contributed by atoms with Crippen molar-refractivity contribution in [3.8, 4) is 0 Å². The van der Waals surface area contributed by atoms with Gasteiger partial charge in [0, 0.05) is 32.7 Å². The Morgan fingerprint density at radius 1 is 0.962 bits per heavy atom. The van der Waals surface area contributed by atoms with Gasteiger partial charge in [0.1, 0.15) is 17.2 Å². The molecule has 0 saturated carbocycles. The number of carbonyl (C=O) groups is 2. The van der Waals surface area contributed by atoms with E-state index in [1.165, 1.54) is 17.0 Å². The molecule has 26 heavy (non-hydrogen) atoms. The lowest BCUT2D eigenvalue weighted by Gasteiger charge is -2.35. The second kappa shape index (κ2) is 7.61. The van der Waals surface area contributed by atoms with Gasteiger partial charge in [0.2, 0.25) is 0 Å². The number of benzene rings is 2.